The monoisotopic (exact) mass is 356 g/mol. The highest BCUT2D eigenvalue weighted by molar-refractivity contribution is 5.70. The van der Waals surface area contributed by atoms with E-state index in [1.807, 2.05) is 36.4 Å². The van der Waals surface area contributed by atoms with Crippen molar-refractivity contribution in [2.24, 2.45) is 11.8 Å². The summed E-state index contributed by atoms with van der Waals surface area (Å²) in [5.41, 5.74) is 0.552. The van der Waals surface area contributed by atoms with Gasteiger partial charge in [0, 0.05) is 0 Å². The molecule has 2 atom stereocenters. The molecular weight excluding hydrogens is 332 g/mol. The highest BCUT2D eigenvalue weighted by Gasteiger charge is 2.31. The number of ether oxygens (including phenoxy) is 2. The lowest BCUT2D eigenvalue weighted by Crippen LogP contribution is -2.36. The Balaban J connectivity index is 1.46. The van der Waals surface area contributed by atoms with Crippen LogP contribution >= 0.6 is 0 Å². The summed E-state index contributed by atoms with van der Waals surface area (Å²) in [6.07, 6.45) is 1.08. The highest BCUT2D eigenvalue weighted by atomic mass is 16.5. The molecule has 0 saturated heterocycles. The van der Waals surface area contributed by atoms with Crippen LogP contribution in [0.15, 0.2) is 54.6 Å². The van der Waals surface area contributed by atoms with E-state index in [9.17, 15) is 9.90 Å². The molecule has 2 N–H and O–H groups in total. The zero-order valence-corrected chi connectivity index (χ0v) is 14.7. The number of aliphatic hydroxyl groups excluding tert-OH is 1. The molecule has 1 saturated carbocycles. The van der Waals surface area contributed by atoms with Gasteiger partial charge in [0.05, 0.1) is 24.7 Å². The number of carbonyl (C=O) groups is 1. The van der Waals surface area contributed by atoms with E-state index in [0.717, 1.165) is 18.6 Å². The van der Waals surface area contributed by atoms with Crippen LogP contribution < -0.4 is 9.47 Å². The quantitative estimate of drug-likeness (QED) is 0.755. The van der Waals surface area contributed by atoms with Crippen molar-refractivity contribution in [2.75, 3.05) is 6.61 Å². The van der Waals surface area contributed by atoms with Gasteiger partial charge in [-0.3, -0.25) is 4.79 Å². The molecule has 138 valence electrons. The number of rotatable bonds is 8. The molecular formula is C21H24O5. The van der Waals surface area contributed by atoms with E-state index in [2.05, 4.69) is 0 Å². The Morgan fingerprint density at radius 2 is 1.81 bits per heavy atom. The third-order valence-corrected chi connectivity index (χ3v) is 4.79. The van der Waals surface area contributed by atoms with Crippen molar-refractivity contribution in [2.45, 2.75) is 32.0 Å². The third kappa shape index (κ3) is 4.55. The number of benzene rings is 2. The maximum atomic E-state index is 11.0. The minimum absolute atomic E-state index is 0.232. The van der Waals surface area contributed by atoms with Gasteiger partial charge in [-0.15, -0.1) is 0 Å². The van der Waals surface area contributed by atoms with Crippen molar-refractivity contribution in [1.29, 1.82) is 0 Å². The molecule has 26 heavy (non-hydrogen) atoms. The molecule has 3 rings (SSSR count). The zero-order chi connectivity index (χ0) is 18.5. The Morgan fingerprint density at radius 1 is 1.12 bits per heavy atom. The molecule has 5 heteroatoms. The van der Waals surface area contributed by atoms with E-state index in [1.54, 1.807) is 18.2 Å². The average molecular weight is 356 g/mol. The number of aliphatic carboxylic acids is 1. The molecule has 0 amide bonds. The molecule has 0 aromatic heterocycles. The van der Waals surface area contributed by atoms with Crippen molar-refractivity contribution in [3.63, 3.8) is 0 Å². The first-order valence-electron chi connectivity index (χ1n) is 8.88. The maximum absolute atomic E-state index is 11.0. The molecule has 2 aromatic rings. The van der Waals surface area contributed by atoms with Crippen LogP contribution in [0.4, 0.5) is 0 Å². The van der Waals surface area contributed by atoms with Crippen LogP contribution in [0.1, 0.15) is 31.4 Å². The maximum Gasteiger partial charge on any atom is 0.309 e. The number of hydrogen-bond donors (Lipinski definition) is 2. The second-order valence-electron chi connectivity index (χ2n) is 6.85. The Kier molecular flexibility index (Phi) is 5.78. The summed E-state index contributed by atoms with van der Waals surface area (Å²) in [7, 11) is 0. The standard InChI is InChI=1S/C21H24O5/c1-14(21(23)24)20(22)16-6-5-9-18(12-16)25-13-15-10-19(11-15)26-17-7-3-2-4-8-17/h2-9,12,14-15,19-20,22H,10-11,13H2,1H3,(H,23,24)/t14-,15?,19?,20+/m0/s1. The van der Waals surface area contributed by atoms with Crippen LogP contribution in [-0.2, 0) is 4.79 Å². The lowest BCUT2D eigenvalue weighted by molar-refractivity contribution is -0.145. The van der Waals surface area contributed by atoms with Gasteiger partial charge in [0.1, 0.15) is 11.5 Å². The summed E-state index contributed by atoms with van der Waals surface area (Å²) in [6.45, 7) is 2.07. The summed E-state index contributed by atoms with van der Waals surface area (Å²) >= 11 is 0. The number of para-hydroxylation sites is 1. The Hall–Kier alpha value is -2.53. The second kappa shape index (κ2) is 8.23. The van der Waals surface area contributed by atoms with Gasteiger partial charge < -0.3 is 19.7 Å². The first-order chi connectivity index (χ1) is 12.5. The fourth-order valence-corrected chi connectivity index (χ4v) is 3.02. The number of carboxylic acids is 1. The molecule has 0 bridgehead atoms. The van der Waals surface area contributed by atoms with Gasteiger partial charge in [0.25, 0.3) is 0 Å². The Bertz CT molecular complexity index is 724. The van der Waals surface area contributed by atoms with E-state index in [4.69, 9.17) is 14.6 Å². The lowest BCUT2D eigenvalue weighted by atomic mass is 9.83. The molecule has 0 unspecified atom stereocenters. The van der Waals surface area contributed by atoms with Crippen LogP contribution in [0.25, 0.3) is 0 Å². The van der Waals surface area contributed by atoms with Gasteiger partial charge in [0.2, 0.25) is 0 Å². The molecule has 0 radical (unpaired) electrons. The van der Waals surface area contributed by atoms with Gasteiger partial charge in [-0.1, -0.05) is 30.3 Å². The first-order valence-corrected chi connectivity index (χ1v) is 8.88. The van der Waals surface area contributed by atoms with Crippen LogP contribution in [0.5, 0.6) is 11.5 Å². The molecule has 2 aromatic carbocycles. The van der Waals surface area contributed by atoms with Crippen molar-refractivity contribution in [1.82, 2.24) is 0 Å². The van der Waals surface area contributed by atoms with E-state index < -0.39 is 18.0 Å². The summed E-state index contributed by atoms with van der Waals surface area (Å²) in [4.78, 5) is 11.0. The fraction of sp³-hybridized carbons (Fsp3) is 0.381. The topological polar surface area (TPSA) is 76.0 Å². The van der Waals surface area contributed by atoms with Crippen LogP contribution in [0.2, 0.25) is 0 Å². The van der Waals surface area contributed by atoms with Crippen molar-refractivity contribution in [3.8, 4) is 11.5 Å². The van der Waals surface area contributed by atoms with Crippen LogP contribution in [-0.4, -0.2) is 28.9 Å². The van der Waals surface area contributed by atoms with E-state index >= 15 is 0 Å². The van der Waals surface area contributed by atoms with E-state index in [-0.39, 0.29) is 6.10 Å². The molecule has 5 nitrogen and oxygen atoms in total. The predicted octanol–water partition coefficient (Wildman–Crippen LogP) is 3.68. The highest BCUT2D eigenvalue weighted by Crippen LogP contribution is 2.32. The van der Waals surface area contributed by atoms with E-state index in [1.165, 1.54) is 6.92 Å². The molecule has 0 heterocycles. The van der Waals surface area contributed by atoms with Gasteiger partial charge in [-0.25, -0.2) is 0 Å². The SMILES string of the molecule is C[C@H](C(=O)O)[C@@H](O)c1cccc(OCC2CC(Oc3ccccc3)C2)c1. The number of carboxylic acid groups (broad SMARTS) is 1. The van der Waals surface area contributed by atoms with Crippen molar-refractivity contribution < 1.29 is 24.5 Å². The van der Waals surface area contributed by atoms with Gasteiger partial charge in [-0.05, 0) is 55.5 Å². The normalized spacial score (nSPS) is 21.3. The van der Waals surface area contributed by atoms with Gasteiger partial charge >= 0.3 is 5.97 Å². The Labute approximate surface area is 153 Å². The van der Waals surface area contributed by atoms with E-state index in [0.29, 0.717) is 23.8 Å². The van der Waals surface area contributed by atoms with Gasteiger partial charge in [0.15, 0.2) is 0 Å². The first kappa shape index (κ1) is 18.3. The number of hydrogen-bond acceptors (Lipinski definition) is 4. The molecule has 0 aliphatic heterocycles. The number of aliphatic hydroxyl groups is 1. The summed E-state index contributed by atoms with van der Waals surface area (Å²) in [6, 6.07) is 16.8. The zero-order valence-electron chi connectivity index (χ0n) is 14.7. The summed E-state index contributed by atoms with van der Waals surface area (Å²) < 4.78 is 11.7. The van der Waals surface area contributed by atoms with Crippen molar-refractivity contribution >= 4 is 5.97 Å². The van der Waals surface area contributed by atoms with Crippen molar-refractivity contribution in [3.05, 3.63) is 60.2 Å². The molecule has 0 spiro atoms. The largest absolute Gasteiger partial charge is 0.493 e. The summed E-state index contributed by atoms with van der Waals surface area (Å²) in [5.74, 6) is 0.0865. The van der Waals surface area contributed by atoms with Gasteiger partial charge in [-0.2, -0.15) is 0 Å². The minimum atomic E-state index is -1.05. The van der Waals surface area contributed by atoms with Crippen LogP contribution in [0, 0.1) is 11.8 Å². The fourth-order valence-electron chi connectivity index (χ4n) is 3.02. The summed E-state index contributed by atoms with van der Waals surface area (Å²) in [5, 5.41) is 19.2. The molecule has 1 aliphatic carbocycles. The third-order valence-electron chi connectivity index (χ3n) is 4.79. The minimum Gasteiger partial charge on any atom is -0.493 e. The Morgan fingerprint density at radius 3 is 2.50 bits per heavy atom. The second-order valence-corrected chi connectivity index (χ2v) is 6.85. The lowest BCUT2D eigenvalue weighted by Gasteiger charge is -2.35. The molecule has 1 fully saturated rings. The smallest absolute Gasteiger partial charge is 0.309 e. The van der Waals surface area contributed by atoms with Crippen LogP contribution in [0.3, 0.4) is 0 Å². The average Bonchev–Trinajstić information content (AvgIpc) is 2.63. The predicted molar refractivity (Wildman–Crippen MR) is 97.3 cm³/mol. The molecule has 1 aliphatic rings.